The minimum absolute atomic E-state index is 0.310. The number of aromatic nitrogens is 6. The van der Waals surface area contributed by atoms with Crippen LogP contribution in [0.4, 0.5) is 5.82 Å². The van der Waals surface area contributed by atoms with E-state index in [9.17, 15) is 0 Å². The van der Waals surface area contributed by atoms with Gasteiger partial charge in [-0.3, -0.25) is 9.67 Å². The standard InChI is InChI=1S/C21H21N7O/c1-21(16-7-8-16,20-26-19(29-27-20)14-9-25-28(2)12-14)15-5-3-13(4-6-15)17-10-24-18(22)11-23-17/h3-6,9-12,16H,7-8H2,1-2H3,(H2,22,24). The smallest absolute Gasteiger partial charge is 0.261 e. The number of hydrogen-bond acceptors (Lipinski definition) is 7. The Kier molecular flexibility index (Phi) is 3.94. The Labute approximate surface area is 167 Å². The van der Waals surface area contributed by atoms with Gasteiger partial charge in [0.1, 0.15) is 5.82 Å². The van der Waals surface area contributed by atoms with Crippen LogP contribution in [0.15, 0.2) is 53.6 Å². The van der Waals surface area contributed by atoms with Crippen molar-refractivity contribution >= 4 is 5.82 Å². The molecule has 1 atom stereocenters. The molecule has 1 aromatic carbocycles. The monoisotopic (exact) mass is 387 g/mol. The van der Waals surface area contributed by atoms with Crippen molar-refractivity contribution in [2.45, 2.75) is 25.2 Å². The third-order valence-electron chi connectivity index (χ3n) is 5.69. The second-order valence-electron chi connectivity index (χ2n) is 7.71. The molecule has 1 fully saturated rings. The third kappa shape index (κ3) is 3.06. The lowest BCUT2D eigenvalue weighted by atomic mass is 9.77. The van der Waals surface area contributed by atoms with Gasteiger partial charge in [0.05, 0.1) is 35.3 Å². The van der Waals surface area contributed by atoms with E-state index in [2.05, 4.69) is 51.4 Å². The third-order valence-corrected chi connectivity index (χ3v) is 5.69. The average Bonchev–Trinajstić information content (AvgIpc) is 3.32. The summed E-state index contributed by atoms with van der Waals surface area (Å²) >= 11 is 0. The fourth-order valence-electron chi connectivity index (χ4n) is 3.77. The van der Waals surface area contributed by atoms with Gasteiger partial charge in [-0.15, -0.1) is 0 Å². The van der Waals surface area contributed by atoms with Crippen LogP contribution in [0.25, 0.3) is 22.7 Å². The van der Waals surface area contributed by atoms with E-state index in [1.807, 2.05) is 13.2 Å². The number of nitrogen functional groups attached to an aromatic ring is 1. The van der Waals surface area contributed by atoms with Crippen molar-refractivity contribution in [2.75, 3.05) is 5.73 Å². The van der Waals surface area contributed by atoms with Crippen molar-refractivity contribution in [3.63, 3.8) is 0 Å². The number of anilines is 1. The van der Waals surface area contributed by atoms with Crippen LogP contribution < -0.4 is 5.73 Å². The molecule has 0 spiro atoms. The number of nitrogens with zero attached hydrogens (tertiary/aromatic N) is 6. The van der Waals surface area contributed by atoms with Crippen LogP contribution in [-0.2, 0) is 12.5 Å². The maximum absolute atomic E-state index is 5.63. The van der Waals surface area contributed by atoms with Crippen molar-refractivity contribution in [3.8, 4) is 22.7 Å². The lowest BCUT2D eigenvalue weighted by molar-refractivity contribution is 0.386. The highest BCUT2D eigenvalue weighted by Gasteiger charge is 2.47. The van der Waals surface area contributed by atoms with Gasteiger partial charge in [0.15, 0.2) is 5.82 Å². The molecule has 0 bridgehead atoms. The molecule has 0 saturated heterocycles. The Morgan fingerprint density at radius 1 is 1.07 bits per heavy atom. The van der Waals surface area contributed by atoms with Gasteiger partial charge in [0.25, 0.3) is 5.89 Å². The highest BCUT2D eigenvalue weighted by molar-refractivity contribution is 5.60. The lowest BCUT2D eigenvalue weighted by Gasteiger charge is -2.26. The molecular weight excluding hydrogens is 366 g/mol. The van der Waals surface area contributed by atoms with E-state index >= 15 is 0 Å². The predicted molar refractivity (Wildman–Crippen MR) is 108 cm³/mol. The summed E-state index contributed by atoms with van der Waals surface area (Å²) in [7, 11) is 1.86. The highest BCUT2D eigenvalue weighted by Crippen LogP contribution is 2.50. The Morgan fingerprint density at radius 3 is 2.48 bits per heavy atom. The fourth-order valence-corrected chi connectivity index (χ4v) is 3.77. The largest absolute Gasteiger partial charge is 0.382 e. The molecule has 8 heteroatoms. The van der Waals surface area contributed by atoms with E-state index in [1.165, 1.54) is 0 Å². The molecule has 3 heterocycles. The Hall–Kier alpha value is -3.55. The maximum atomic E-state index is 5.63. The van der Waals surface area contributed by atoms with E-state index < -0.39 is 0 Å². The van der Waals surface area contributed by atoms with Crippen LogP contribution in [0.2, 0.25) is 0 Å². The minimum Gasteiger partial charge on any atom is -0.382 e. The van der Waals surface area contributed by atoms with Gasteiger partial charge >= 0.3 is 0 Å². The molecule has 2 N–H and O–H groups in total. The van der Waals surface area contributed by atoms with Crippen molar-refractivity contribution in [1.82, 2.24) is 29.9 Å². The van der Waals surface area contributed by atoms with Crippen LogP contribution >= 0.6 is 0 Å². The summed E-state index contributed by atoms with van der Waals surface area (Å²) in [5.41, 5.74) is 9.08. The second kappa shape index (κ2) is 6.51. The molecule has 0 radical (unpaired) electrons. The van der Waals surface area contributed by atoms with Crippen LogP contribution in [0.5, 0.6) is 0 Å². The summed E-state index contributed by atoms with van der Waals surface area (Å²) in [6.07, 6.45) is 9.15. The zero-order valence-electron chi connectivity index (χ0n) is 16.3. The summed E-state index contributed by atoms with van der Waals surface area (Å²) in [5.74, 6) is 2.10. The van der Waals surface area contributed by atoms with Crippen LogP contribution in [-0.4, -0.2) is 29.9 Å². The molecular formula is C21H21N7O. The first-order valence-corrected chi connectivity index (χ1v) is 9.55. The van der Waals surface area contributed by atoms with Crippen LogP contribution in [0, 0.1) is 5.92 Å². The van der Waals surface area contributed by atoms with E-state index in [0.717, 1.165) is 35.2 Å². The predicted octanol–water partition coefficient (Wildman–Crippen LogP) is 3.23. The van der Waals surface area contributed by atoms with Crippen molar-refractivity contribution in [1.29, 1.82) is 0 Å². The first kappa shape index (κ1) is 17.5. The lowest BCUT2D eigenvalue weighted by Crippen LogP contribution is -2.28. The summed E-state index contributed by atoms with van der Waals surface area (Å²) in [4.78, 5) is 13.2. The van der Waals surface area contributed by atoms with E-state index in [0.29, 0.717) is 23.5 Å². The van der Waals surface area contributed by atoms with Crippen molar-refractivity contribution in [2.24, 2.45) is 13.0 Å². The van der Waals surface area contributed by atoms with Gasteiger partial charge in [-0.1, -0.05) is 29.4 Å². The second-order valence-corrected chi connectivity index (χ2v) is 7.71. The molecule has 1 aliphatic rings. The van der Waals surface area contributed by atoms with Gasteiger partial charge in [-0.05, 0) is 31.2 Å². The Balaban J connectivity index is 1.50. The fraction of sp³-hybridized carbons (Fsp3) is 0.286. The Morgan fingerprint density at radius 2 is 1.86 bits per heavy atom. The molecule has 3 aromatic heterocycles. The normalized spacial score (nSPS) is 15.9. The zero-order valence-corrected chi connectivity index (χ0v) is 16.3. The first-order valence-electron chi connectivity index (χ1n) is 9.55. The average molecular weight is 387 g/mol. The van der Waals surface area contributed by atoms with Gasteiger partial charge in [0.2, 0.25) is 0 Å². The molecule has 0 aliphatic heterocycles. The quantitative estimate of drug-likeness (QED) is 0.560. The van der Waals surface area contributed by atoms with E-state index in [4.69, 9.17) is 15.2 Å². The van der Waals surface area contributed by atoms with Crippen molar-refractivity contribution in [3.05, 3.63) is 60.4 Å². The van der Waals surface area contributed by atoms with Crippen LogP contribution in [0.1, 0.15) is 31.2 Å². The molecule has 1 aliphatic carbocycles. The molecule has 1 saturated carbocycles. The van der Waals surface area contributed by atoms with E-state index in [-0.39, 0.29) is 5.41 Å². The number of aryl methyl sites for hydroxylation is 1. The summed E-state index contributed by atoms with van der Waals surface area (Å²) < 4.78 is 7.29. The summed E-state index contributed by atoms with van der Waals surface area (Å²) in [5, 5.41) is 8.53. The Bertz CT molecular complexity index is 1140. The number of nitrogens with two attached hydrogens (primary N) is 1. The molecule has 146 valence electrons. The molecule has 8 nitrogen and oxygen atoms in total. The summed E-state index contributed by atoms with van der Waals surface area (Å²) in [6.45, 7) is 2.20. The van der Waals surface area contributed by atoms with Crippen LogP contribution in [0.3, 0.4) is 0 Å². The number of benzene rings is 1. The molecule has 29 heavy (non-hydrogen) atoms. The van der Waals surface area contributed by atoms with Gasteiger partial charge in [-0.25, -0.2) is 4.98 Å². The highest BCUT2D eigenvalue weighted by atomic mass is 16.5. The van der Waals surface area contributed by atoms with E-state index in [1.54, 1.807) is 23.3 Å². The van der Waals surface area contributed by atoms with Gasteiger partial charge < -0.3 is 10.3 Å². The molecule has 0 amide bonds. The first-order chi connectivity index (χ1) is 14.0. The topological polar surface area (TPSA) is 109 Å². The SMILES string of the molecule is Cn1cc(-c2nc(C(C)(c3ccc(-c4cnc(N)cn4)cc3)C3CC3)no2)cn1. The molecule has 4 aromatic rings. The number of hydrogen-bond donors (Lipinski definition) is 1. The molecule has 1 unspecified atom stereocenters. The summed E-state index contributed by atoms with van der Waals surface area (Å²) in [6, 6.07) is 8.34. The maximum Gasteiger partial charge on any atom is 0.261 e. The number of rotatable bonds is 5. The van der Waals surface area contributed by atoms with Gasteiger partial charge in [0, 0.05) is 18.8 Å². The minimum atomic E-state index is -0.310. The molecule has 5 rings (SSSR count). The zero-order chi connectivity index (χ0) is 20.0. The van der Waals surface area contributed by atoms with Gasteiger partial charge in [-0.2, -0.15) is 10.1 Å². The van der Waals surface area contributed by atoms with Crippen molar-refractivity contribution < 1.29 is 4.52 Å².